The number of rotatable bonds is 3. The first-order valence-corrected chi connectivity index (χ1v) is 7.95. The third-order valence-electron chi connectivity index (χ3n) is 4.07. The fourth-order valence-electron chi connectivity index (χ4n) is 2.68. The molecular formula is C15H21BrClN. The predicted octanol–water partition coefficient (Wildman–Crippen LogP) is 5.11. The molecule has 0 aliphatic carbocycles. The predicted molar refractivity (Wildman–Crippen MR) is 82.0 cm³/mol. The van der Waals surface area contributed by atoms with Gasteiger partial charge in [0.2, 0.25) is 0 Å². The van der Waals surface area contributed by atoms with Crippen LogP contribution in [0.3, 0.4) is 0 Å². The van der Waals surface area contributed by atoms with Crippen molar-refractivity contribution in [1.82, 2.24) is 4.90 Å². The highest BCUT2D eigenvalue weighted by atomic mass is 79.9. The third kappa shape index (κ3) is 3.49. The minimum Gasteiger partial charge on any atom is -0.296 e. The van der Waals surface area contributed by atoms with E-state index in [0.29, 0.717) is 6.04 Å². The van der Waals surface area contributed by atoms with Crippen molar-refractivity contribution >= 4 is 27.5 Å². The van der Waals surface area contributed by atoms with Crippen molar-refractivity contribution in [3.8, 4) is 0 Å². The highest BCUT2D eigenvalue weighted by Gasteiger charge is 2.24. The lowest BCUT2D eigenvalue weighted by Crippen LogP contribution is -2.41. The Balaban J connectivity index is 2.07. The molecule has 2 rings (SSSR count). The number of hydrogen-bond donors (Lipinski definition) is 0. The van der Waals surface area contributed by atoms with E-state index in [1.54, 1.807) is 0 Å². The highest BCUT2D eigenvalue weighted by Crippen LogP contribution is 2.28. The number of halogens is 2. The fourth-order valence-corrected chi connectivity index (χ4v) is 3.42. The Kier molecular flexibility index (Phi) is 5.11. The first-order valence-electron chi connectivity index (χ1n) is 6.78. The number of nitrogens with zero attached hydrogens (tertiary/aromatic N) is 1. The Morgan fingerprint density at radius 2 is 2.17 bits per heavy atom. The number of benzene rings is 1. The Labute approximate surface area is 124 Å². The van der Waals surface area contributed by atoms with Crippen LogP contribution in [-0.4, -0.2) is 17.5 Å². The van der Waals surface area contributed by atoms with Crippen LogP contribution in [0.4, 0.5) is 0 Å². The molecule has 2 atom stereocenters. The molecule has 1 fully saturated rings. The lowest BCUT2D eigenvalue weighted by molar-refractivity contribution is 0.108. The van der Waals surface area contributed by atoms with Gasteiger partial charge >= 0.3 is 0 Å². The molecule has 1 aromatic rings. The lowest BCUT2D eigenvalue weighted by Gasteiger charge is -2.38. The average Bonchev–Trinajstić information content (AvgIpc) is 2.35. The Bertz CT molecular complexity index is 407. The molecular weight excluding hydrogens is 310 g/mol. The zero-order chi connectivity index (χ0) is 13.1. The van der Waals surface area contributed by atoms with Gasteiger partial charge in [-0.3, -0.25) is 4.90 Å². The number of hydrogen-bond acceptors (Lipinski definition) is 1. The van der Waals surface area contributed by atoms with Crippen molar-refractivity contribution in [2.75, 3.05) is 6.54 Å². The van der Waals surface area contributed by atoms with Crippen LogP contribution in [0.15, 0.2) is 22.7 Å². The SMILES string of the molecule is CCC1CCC(C)N(Cc2ccc(Br)cc2Cl)C1. The van der Waals surface area contributed by atoms with Crippen LogP contribution in [0.5, 0.6) is 0 Å². The molecule has 18 heavy (non-hydrogen) atoms. The van der Waals surface area contributed by atoms with E-state index in [2.05, 4.69) is 46.8 Å². The van der Waals surface area contributed by atoms with Crippen molar-refractivity contribution in [3.05, 3.63) is 33.3 Å². The molecule has 1 aromatic carbocycles. The highest BCUT2D eigenvalue weighted by molar-refractivity contribution is 9.10. The summed E-state index contributed by atoms with van der Waals surface area (Å²) in [6, 6.07) is 6.87. The van der Waals surface area contributed by atoms with Crippen LogP contribution in [-0.2, 0) is 6.54 Å². The van der Waals surface area contributed by atoms with Gasteiger partial charge in [0.25, 0.3) is 0 Å². The van der Waals surface area contributed by atoms with Crippen LogP contribution < -0.4 is 0 Å². The molecule has 1 aliphatic rings. The molecule has 0 radical (unpaired) electrons. The van der Waals surface area contributed by atoms with Gasteiger partial charge in [-0.1, -0.05) is 46.9 Å². The van der Waals surface area contributed by atoms with Crippen LogP contribution in [0.25, 0.3) is 0 Å². The zero-order valence-corrected chi connectivity index (χ0v) is 13.5. The molecule has 0 N–H and O–H groups in total. The second kappa shape index (κ2) is 6.40. The van der Waals surface area contributed by atoms with Crippen LogP contribution in [0.1, 0.15) is 38.7 Å². The molecule has 0 bridgehead atoms. The van der Waals surface area contributed by atoms with Crippen molar-refractivity contribution < 1.29 is 0 Å². The monoisotopic (exact) mass is 329 g/mol. The van der Waals surface area contributed by atoms with E-state index in [1.807, 2.05) is 6.07 Å². The van der Waals surface area contributed by atoms with Gasteiger partial charge in [0.15, 0.2) is 0 Å². The minimum absolute atomic E-state index is 0.674. The summed E-state index contributed by atoms with van der Waals surface area (Å²) in [6.45, 7) is 6.82. The summed E-state index contributed by atoms with van der Waals surface area (Å²) in [7, 11) is 0. The van der Waals surface area contributed by atoms with E-state index in [0.717, 1.165) is 22.0 Å². The van der Waals surface area contributed by atoms with E-state index >= 15 is 0 Å². The Hall–Kier alpha value is -0.0500. The lowest BCUT2D eigenvalue weighted by atomic mass is 9.91. The summed E-state index contributed by atoms with van der Waals surface area (Å²) in [5.74, 6) is 0.857. The smallest absolute Gasteiger partial charge is 0.0462 e. The van der Waals surface area contributed by atoms with E-state index < -0.39 is 0 Å². The van der Waals surface area contributed by atoms with E-state index in [4.69, 9.17) is 11.6 Å². The number of likely N-dealkylation sites (tertiary alicyclic amines) is 1. The summed E-state index contributed by atoms with van der Waals surface area (Å²) < 4.78 is 1.05. The largest absolute Gasteiger partial charge is 0.296 e. The summed E-state index contributed by atoms with van der Waals surface area (Å²) in [4.78, 5) is 2.58. The fraction of sp³-hybridized carbons (Fsp3) is 0.600. The maximum absolute atomic E-state index is 6.31. The van der Waals surface area contributed by atoms with Crippen molar-refractivity contribution in [1.29, 1.82) is 0 Å². The molecule has 1 nitrogen and oxygen atoms in total. The molecule has 0 amide bonds. The van der Waals surface area contributed by atoms with Crippen molar-refractivity contribution in [2.24, 2.45) is 5.92 Å². The third-order valence-corrected chi connectivity index (χ3v) is 4.92. The molecule has 100 valence electrons. The van der Waals surface area contributed by atoms with Gasteiger partial charge in [-0.2, -0.15) is 0 Å². The Morgan fingerprint density at radius 1 is 1.39 bits per heavy atom. The van der Waals surface area contributed by atoms with Gasteiger partial charge in [-0.25, -0.2) is 0 Å². The second-order valence-corrected chi connectivity index (χ2v) is 6.69. The summed E-state index contributed by atoms with van der Waals surface area (Å²) in [5.41, 5.74) is 1.24. The average molecular weight is 331 g/mol. The van der Waals surface area contributed by atoms with Gasteiger partial charge in [-0.05, 0) is 43.4 Å². The molecule has 1 heterocycles. The number of piperidine rings is 1. The molecule has 2 unspecified atom stereocenters. The van der Waals surface area contributed by atoms with Gasteiger partial charge in [0.1, 0.15) is 0 Å². The van der Waals surface area contributed by atoms with Crippen LogP contribution in [0.2, 0.25) is 5.02 Å². The quantitative estimate of drug-likeness (QED) is 0.744. The van der Waals surface area contributed by atoms with E-state index in [1.165, 1.54) is 31.4 Å². The van der Waals surface area contributed by atoms with Gasteiger partial charge in [-0.15, -0.1) is 0 Å². The maximum Gasteiger partial charge on any atom is 0.0462 e. The normalized spacial score (nSPS) is 25.3. The first kappa shape index (κ1) is 14.4. The summed E-state index contributed by atoms with van der Waals surface area (Å²) in [5, 5.41) is 0.871. The molecule has 0 spiro atoms. The molecule has 0 saturated carbocycles. The van der Waals surface area contributed by atoms with Crippen LogP contribution in [0, 0.1) is 5.92 Å². The first-order chi connectivity index (χ1) is 8.60. The van der Waals surface area contributed by atoms with Crippen molar-refractivity contribution in [3.63, 3.8) is 0 Å². The Morgan fingerprint density at radius 3 is 2.83 bits per heavy atom. The van der Waals surface area contributed by atoms with E-state index in [9.17, 15) is 0 Å². The van der Waals surface area contributed by atoms with Crippen LogP contribution >= 0.6 is 27.5 Å². The maximum atomic E-state index is 6.31. The second-order valence-electron chi connectivity index (χ2n) is 5.37. The molecule has 0 aromatic heterocycles. The molecule has 3 heteroatoms. The molecule has 1 saturated heterocycles. The van der Waals surface area contributed by atoms with Gasteiger partial charge in [0.05, 0.1) is 0 Å². The van der Waals surface area contributed by atoms with Gasteiger partial charge < -0.3 is 0 Å². The minimum atomic E-state index is 0.674. The van der Waals surface area contributed by atoms with Gasteiger partial charge in [0, 0.05) is 28.6 Å². The zero-order valence-electron chi connectivity index (χ0n) is 11.1. The van der Waals surface area contributed by atoms with E-state index in [-0.39, 0.29) is 0 Å². The van der Waals surface area contributed by atoms with Crippen molar-refractivity contribution in [2.45, 2.75) is 45.7 Å². The summed E-state index contributed by atoms with van der Waals surface area (Å²) >= 11 is 9.77. The topological polar surface area (TPSA) is 3.24 Å². The molecule has 1 aliphatic heterocycles. The summed E-state index contributed by atoms with van der Waals surface area (Å²) in [6.07, 6.45) is 3.98. The standard InChI is InChI=1S/C15H21BrClN/c1-3-12-5-4-11(2)18(9-12)10-13-6-7-14(16)8-15(13)17/h6-8,11-12H,3-5,9-10H2,1-2H3.